The summed E-state index contributed by atoms with van der Waals surface area (Å²) >= 11 is 0. The van der Waals surface area contributed by atoms with Gasteiger partial charge in [-0.1, -0.05) is 6.07 Å². The first-order valence-corrected chi connectivity index (χ1v) is 9.77. The minimum Gasteiger partial charge on any atom is -0.349 e. The van der Waals surface area contributed by atoms with Gasteiger partial charge in [0.1, 0.15) is 0 Å². The molecule has 23 heavy (non-hydrogen) atoms. The third kappa shape index (κ3) is 4.65. The Kier molecular flexibility index (Phi) is 5.95. The van der Waals surface area contributed by atoms with Gasteiger partial charge in [0.25, 0.3) is 13.4 Å². The molecule has 0 aromatic heterocycles. The monoisotopic (exact) mass is 335 g/mol. The number of hydrogen-bond acceptors (Lipinski definition) is 4. The van der Waals surface area contributed by atoms with Gasteiger partial charge in [0.15, 0.2) is 0 Å². The number of amides is 1. The molecule has 7 heteroatoms. The van der Waals surface area contributed by atoms with Crippen LogP contribution in [0.2, 0.25) is 0 Å². The van der Waals surface area contributed by atoms with Crippen LogP contribution < -0.4 is 5.32 Å². The number of rotatable bonds is 5. The second-order valence-corrected chi connectivity index (χ2v) is 8.04. The summed E-state index contributed by atoms with van der Waals surface area (Å²) in [5.41, 5.74) is 0.957. The summed E-state index contributed by atoms with van der Waals surface area (Å²) in [7, 11) is -2.71. The van der Waals surface area contributed by atoms with Gasteiger partial charge in [-0.3, -0.25) is 9.36 Å². The number of hydrogen-bond donors (Lipinski definition) is 1. The standard InChI is InChI=1S/C16H22N3O3P/c1-3-22-23(2,21)19-9-7-15(8-10-19)18-16(20)14-6-4-5-13(11-14)12-17/h4-6,11,15H,3,7-10H2,1-2H3,(H,18,20). The van der Waals surface area contributed by atoms with Gasteiger partial charge in [-0.15, -0.1) is 0 Å². The first-order valence-electron chi connectivity index (χ1n) is 7.74. The van der Waals surface area contributed by atoms with Crippen LogP contribution in [0.15, 0.2) is 24.3 Å². The van der Waals surface area contributed by atoms with Gasteiger partial charge < -0.3 is 9.84 Å². The molecule has 1 aromatic carbocycles. The van der Waals surface area contributed by atoms with Crippen molar-refractivity contribution in [2.45, 2.75) is 25.8 Å². The number of benzene rings is 1. The molecule has 1 heterocycles. The highest BCUT2D eigenvalue weighted by Gasteiger charge is 2.30. The van der Waals surface area contributed by atoms with Crippen molar-refractivity contribution < 1.29 is 13.9 Å². The molecule has 1 aliphatic rings. The summed E-state index contributed by atoms with van der Waals surface area (Å²) in [6.45, 7) is 5.18. The molecule has 0 radical (unpaired) electrons. The minimum atomic E-state index is -2.71. The molecule has 1 amide bonds. The van der Waals surface area contributed by atoms with Crippen LogP contribution in [-0.4, -0.2) is 43.0 Å². The van der Waals surface area contributed by atoms with Crippen molar-refractivity contribution in [2.75, 3.05) is 26.4 Å². The maximum atomic E-state index is 12.4. The van der Waals surface area contributed by atoms with Crippen LogP contribution in [0.1, 0.15) is 35.7 Å². The average molecular weight is 335 g/mol. The second-order valence-electron chi connectivity index (χ2n) is 5.61. The topological polar surface area (TPSA) is 82.4 Å². The van der Waals surface area contributed by atoms with Crippen LogP contribution in [0.5, 0.6) is 0 Å². The van der Waals surface area contributed by atoms with Crippen molar-refractivity contribution in [3.05, 3.63) is 35.4 Å². The van der Waals surface area contributed by atoms with Crippen molar-refractivity contribution in [1.29, 1.82) is 5.26 Å². The zero-order valence-corrected chi connectivity index (χ0v) is 14.4. The van der Waals surface area contributed by atoms with Gasteiger partial charge in [-0.25, -0.2) is 4.67 Å². The molecule has 0 spiro atoms. The maximum absolute atomic E-state index is 12.4. The lowest BCUT2D eigenvalue weighted by molar-refractivity contribution is 0.0922. The summed E-state index contributed by atoms with van der Waals surface area (Å²) in [4.78, 5) is 12.2. The number of nitrogens with one attached hydrogen (secondary N) is 1. The van der Waals surface area contributed by atoms with Gasteiger partial charge >= 0.3 is 0 Å². The first kappa shape index (κ1) is 17.7. The smallest absolute Gasteiger partial charge is 0.269 e. The molecule has 0 saturated carbocycles. The average Bonchev–Trinajstić information content (AvgIpc) is 2.55. The fraction of sp³-hybridized carbons (Fsp3) is 0.500. The Morgan fingerprint density at radius 3 is 2.78 bits per heavy atom. The molecule has 0 bridgehead atoms. The number of carbonyl (C=O) groups is 1. The Morgan fingerprint density at radius 2 is 2.17 bits per heavy atom. The summed E-state index contributed by atoms with van der Waals surface area (Å²) in [6, 6.07) is 8.72. The van der Waals surface area contributed by atoms with Gasteiger partial charge in [0, 0.05) is 31.4 Å². The number of nitrogens with zero attached hydrogens (tertiary/aromatic N) is 2. The number of carbonyl (C=O) groups excluding carboxylic acids is 1. The van der Waals surface area contributed by atoms with Gasteiger partial charge in [-0.2, -0.15) is 5.26 Å². The van der Waals surface area contributed by atoms with E-state index in [1.165, 1.54) is 0 Å². The van der Waals surface area contributed by atoms with E-state index in [1.54, 1.807) is 30.9 Å². The lowest BCUT2D eigenvalue weighted by Crippen LogP contribution is -2.43. The van der Waals surface area contributed by atoms with Crippen LogP contribution in [0.4, 0.5) is 0 Å². The predicted molar refractivity (Wildman–Crippen MR) is 88.4 cm³/mol. The lowest BCUT2D eigenvalue weighted by Gasteiger charge is -2.35. The van der Waals surface area contributed by atoms with Crippen LogP contribution in [0, 0.1) is 11.3 Å². The van der Waals surface area contributed by atoms with Gasteiger partial charge in [-0.05, 0) is 38.0 Å². The highest BCUT2D eigenvalue weighted by molar-refractivity contribution is 7.55. The highest BCUT2D eigenvalue weighted by Crippen LogP contribution is 2.47. The summed E-state index contributed by atoms with van der Waals surface area (Å²) < 4.78 is 19.6. The Balaban J connectivity index is 1.90. The molecule has 1 N–H and O–H groups in total. The SMILES string of the molecule is CCOP(C)(=O)N1CCC(NC(=O)c2cccc(C#N)c2)CC1. The van der Waals surface area contributed by atoms with Crippen LogP contribution in [0.3, 0.4) is 0 Å². The Bertz CT molecular complexity index is 648. The molecule has 0 aliphatic carbocycles. The lowest BCUT2D eigenvalue weighted by atomic mass is 10.1. The third-order valence-corrected chi connectivity index (χ3v) is 6.11. The fourth-order valence-electron chi connectivity index (χ4n) is 2.69. The summed E-state index contributed by atoms with van der Waals surface area (Å²) in [5, 5.41) is 11.9. The Hall–Kier alpha value is -1.67. The predicted octanol–water partition coefficient (Wildman–Crippen LogP) is 2.61. The van der Waals surface area contributed by atoms with E-state index < -0.39 is 7.52 Å². The molecule has 1 aliphatic heterocycles. The van der Waals surface area contributed by atoms with E-state index in [-0.39, 0.29) is 11.9 Å². The van der Waals surface area contributed by atoms with Crippen molar-refractivity contribution in [1.82, 2.24) is 9.99 Å². The van der Waals surface area contributed by atoms with E-state index in [9.17, 15) is 9.36 Å². The van der Waals surface area contributed by atoms with E-state index in [2.05, 4.69) is 5.32 Å². The van der Waals surface area contributed by atoms with E-state index in [0.717, 1.165) is 12.8 Å². The van der Waals surface area contributed by atoms with E-state index in [4.69, 9.17) is 9.79 Å². The minimum absolute atomic E-state index is 0.0473. The van der Waals surface area contributed by atoms with Crippen LogP contribution in [-0.2, 0) is 9.09 Å². The largest absolute Gasteiger partial charge is 0.349 e. The van der Waals surface area contributed by atoms with Crippen molar-refractivity contribution in [2.24, 2.45) is 0 Å². The maximum Gasteiger partial charge on any atom is 0.269 e. The van der Waals surface area contributed by atoms with Crippen LogP contribution >= 0.6 is 7.52 Å². The molecule has 6 nitrogen and oxygen atoms in total. The molecule has 124 valence electrons. The zero-order chi connectivity index (χ0) is 16.9. The van der Waals surface area contributed by atoms with E-state index >= 15 is 0 Å². The molecule has 1 saturated heterocycles. The molecule has 1 atom stereocenters. The van der Waals surface area contributed by atoms with E-state index in [0.29, 0.717) is 30.8 Å². The van der Waals surface area contributed by atoms with Crippen LogP contribution in [0.25, 0.3) is 0 Å². The summed E-state index contributed by atoms with van der Waals surface area (Å²) in [6.07, 6.45) is 1.46. The Morgan fingerprint density at radius 1 is 1.48 bits per heavy atom. The van der Waals surface area contributed by atoms with Crippen molar-refractivity contribution in [3.8, 4) is 6.07 Å². The normalized spacial score (nSPS) is 18.8. The fourth-order valence-corrected chi connectivity index (χ4v) is 4.29. The first-order chi connectivity index (χ1) is 11.0. The molecule has 1 aromatic rings. The third-order valence-electron chi connectivity index (χ3n) is 3.94. The Labute approximate surface area is 136 Å². The zero-order valence-electron chi connectivity index (χ0n) is 13.5. The van der Waals surface area contributed by atoms with E-state index in [1.807, 2.05) is 17.7 Å². The summed E-state index contributed by atoms with van der Waals surface area (Å²) in [5.74, 6) is -0.176. The van der Waals surface area contributed by atoms with Gasteiger partial charge in [0.05, 0.1) is 18.2 Å². The molecule has 1 unspecified atom stereocenters. The number of piperidine rings is 1. The molecule has 2 rings (SSSR count). The second kappa shape index (κ2) is 7.74. The number of nitriles is 1. The van der Waals surface area contributed by atoms with Crippen molar-refractivity contribution in [3.63, 3.8) is 0 Å². The molecular weight excluding hydrogens is 313 g/mol. The quantitative estimate of drug-likeness (QED) is 0.837. The van der Waals surface area contributed by atoms with Gasteiger partial charge in [0.2, 0.25) is 0 Å². The molecular formula is C16H22N3O3P. The van der Waals surface area contributed by atoms with Crippen molar-refractivity contribution >= 4 is 13.4 Å². The molecule has 1 fully saturated rings. The highest BCUT2D eigenvalue weighted by atomic mass is 31.2.